The van der Waals surface area contributed by atoms with Crippen LogP contribution in [-0.2, 0) is 11.8 Å². The van der Waals surface area contributed by atoms with Crippen LogP contribution in [0.25, 0.3) is 0 Å². The van der Waals surface area contributed by atoms with E-state index >= 15 is 0 Å². The van der Waals surface area contributed by atoms with E-state index in [2.05, 4.69) is 15.6 Å². The summed E-state index contributed by atoms with van der Waals surface area (Å²) in [6.07, 6.45) is 0.375. The predicted octanol–water partition coefficient (Wildman–Crippen LogP) is 0.353. The van der Waals surface area contributed by atoms with Crippen LogP contribution >= 0.6 is 0 Å². The van der Waals surface area contributed by atoms with Crippen LogP contribution in [0.4, 0.5) is 0 Å². The van der Waals surface area contributed by atoms with Crippen LogP contribution in [0, 0.1) is 12.8 Å². The summed E-state index contributed by atoms with van der Waals surface area (Å²) in [5, 5.41) is 18.9. The molecular weight excluding hydrogens is 236 g/mol. The van der Waals surface area contributed by atoms with E-state index in [0.717, 1.165) is 0 Å². The van der Waals surface area contributed by atoms with Gasteiger partial charge in [0.1, 0.15) is 6.04 Å². The quantitative estimate of drug-likeness (QED) is 0.790. The molecular formula is C11H18N4O3. The molecule has 0 fully saturated rings. The largest absolute Gasteiger partial charge is 0.480 e. The lowest BCUT2D eigenvalue weighted by atomic mass is 10.0. The highest BCUT2D eigenvalue weighted by Crippen LogP contribution is 2.07. The molecule has 7 heteroatoms. The van der Waals surface area contributed by atoms with Gasteiger partial charge < -0.3 is 10.4 Å². The number of carboxylic acids is 1. The van der Waals surface area contributed by atoms with Crippen LogP contribution < -0.4 is 5.32 Å². The van der Waals surface area contributed by atoms with Crippen molar-refractivity contribution < 1.29 is 14.7 Å². The Morgan fingerprint density at radius 2 is 2.06 bits per heavy atom. The number of amides is 1. The van der Waals surface area contributed by atoms with Gasteiger partial charge in [-0.2, -0.15) is 0 Å². The van der Waals surface area contributed by atoms with Crippen molar-refractivity contribution in [3.63, 3.8) is 0 Å². The summed E-state index contributed by atoms with van der Waals surface area (Å²) in [6, 6.07) is -0.904. The fourth-order valence-corrected chi connectivity index (χ4v) is 1.53. The average molecular weight is 254 g/mol. The van der Waals surface area contributed by atoms with Gasteiger partial charge in [0.15, 0.2) is 5.69 Å². The standard InChI is InChI=1S/C11H18N4O3/c1-6(2)5-8(11(17)18)12-10(16)9-7(3)15(4)14-13-9/h6,8H,5H2,1-4H3,(H,12,16)(H,17,18)/t8-/m0/s1. The summed E-state index contributed by atoms with van der Waals surface area (Å²) in [7, 11) is 1.67. The van der Waals surface area contributed by atoms with E-state index in [0.29, 0.717) is 12.1 Å². The van der Waals surface area contributed by atoms with E-state index in [1.54, 1.807) is 14.0 Å². The maximum Gasteiger partial charge on any atom is 0.326 e. The van der Waals surface area contributed by atoms with Crippen LogP contribution in [0.1, 0.15) is 36.5 Å². The zero-order chi connectivity index (χ0) is 13.9. The molecule has 18 heavy (non-hydrogen) atoms. The second-order valence-corrected chi connectivity index (χ2v) is 4.64. The topological polar surface area (TPSA) is 97.1 Å². The average Bonchev–Trinajstić information content (AvgIpc) is 2.58. The third kappa shape index (κ3) is 3.28. The Balaban J connectivity index is 2.79. The Labute approximate surface area is 105 Å². The monoisotopic (exact) mass is 254 g/mol. The second-order valence-electron chi connectivity index (χ2n) is 4.64. The number of carbonyl (C=O) groups is 2. The van der Waals surface area contributed by atoms with E-state index in [-0.39, 0.29) is 11.6 Å². The minimum Gasteiger partial charge on any atom is -0.480 e. The Bertz CT molecular complexity index is 453. The molecule has 2 N–H and O–H groups in total. The third-order valence-corrected chi connectivity index (χ3v) is 2.63. The highest BCUT2D eigenvalue weighted by molar-refractivity contribution is 5.95. The first kappa shape index (κ1) is 14.1. The summed E-state index contributed by atoms with van der Waals surface area (Å²) in [5.41, 5.74) is 0.758. The molecule has 0 aromatic carbocycles. The molecule has 1 amide bonds. The van der Waals surface area contributed by atoms with E-state index in [4.69, 9.17) is 5.11 Å². The highest BCUT2D eigenvalue weighted by atomic mass is 16.4. The molecule has 0 unspecified atom stereocenters. The van der Waals surface area contributed by atoms with Gasteiger partial charge in [0, 0.05) is 7.05 Å². The van der Waals surface area contributed by atoms with Gasteiger partial charge in [-0.1, -0.05) is 19.1 Å². The number of aromatic nitrogens is 3. The van der Waals surface area contributed by atoms with Gasteiger partial charge in [0.05, 0.1) is 5.69 Å². The second kappa shape index (κ2) is 5.61. The number of aryl methyl sites for hydroxylation is 1. The number of rotatable bonds is 5. The maximum absolute atomic E-state index is 11.9. The SMILES string of the molecule is Cc1c(C(=O)N[C@@H](CC(C)C)C(=O)O)nnn1C. The normalized spacial score (nSPS) is 12.5. The Hall–Kier alpha value is -1.92. The molecule has 1 aromatic rings. The first-order valence-electron chi connectivity index (χ1n) is 5.72. The lowest BCUT2D eigenvalue weighted by Crippen LogP contribution is -2.42. The Kier molecular flexibility index (Phi) is 4.41. The molecule has 7 nitrogen and oxygen atoms in total. The third-order valence-electron chi connectivity index (χ3n) is 2.63. The van der Waals surface area contributed by atoms with E-state index in [1.165, 1.54) is 4.68 Å². The first-order valence-corrected chi connectivity index (χ1v) is 5.72. The number of nitrogens with one attached hydrogen (secondary N) is 1. The fraction of sp³-hybridized carbons (Fsp3) is 0.636. The van der Waals surface area contributed by atoms with Crippen molar-refractivity contribution in [1.82, 2.24) is 20.3 Å². The number of carbonyl (C=O) groups excluding carboxylic acids is 1. The maximum atomic E-state index is 11.9. The first-order chi connectivity index (χ1) is 8.32. The molecule has 1 aromatic heterocycles. The molecule has 0 saturated heterocycles. The van der Waals surface area contributed by atoms with Gasteiger partial charge in [-0.25, -0.2) is 4.79 Å². The van der Waals surface area contributed by atoms with Gasteiger partial charge in [0.2, 0.25) is 0 Å². The van der Waals surface area contributed by atoms with Crippen molar-refractivity contribution in [2.24, 2.45) is 13.0 Å². The van der Waals surface area contributed by atoms with Crippen molar-refractivity contribution in [2.45, 2.75) is 33.2 Å². The van der Waals surface area contributed by atoms with Crippen LogP contribution in [0.3, 0.4) is 0 Å². The van der Waals surface area contributed by atoms with Crippen LogP contribution in [0.5, 0.6) is 0 Å². The smallest absolute Gasteiger partial charge is 0.326 e. The van der Waals surface area contributed by atoms with Crippen LogP contribution in [-0.4, -0.2) is 38.0 Å². The number of carboxylic acid groups (broad SMARTS) is 1. The molecule has 1 heterocycles. The molecule has 100 valence electrons. The Morgan fingerprint density at radius 3 is 2.44 bits per heavy atom. The van der Waals surface area contributed by atoms with Crippen molar-refractivity contribution in [2.75, 3.05) is 0 Å². The summed E-state index contributed by atoms with van der Waals surface area (Å²) >= 11 is 0. The number of aliphatic carboxylic acids is 1. The van der Waals surface area contributed by atoms with E-state index in [1.807, 2.05) is 13.8 Å². The van der Waals surface area contributed by atoms with Gasteiger partial charge in [0.25, 0.3) is 5.91 Å². The van der Waals surface area contributed by atoms with Gasteiger partial charge in [-0.15, -0.1) is 5.10 Å². The van der Waals surface area contributed by atoms with Crippen molar-refractivity contribution in [1.29, 1.82) is 0 Å². The zero-order valence-electron chi connectivity index (χ0n) is 11.0. The van der Waals surface area contributed by atoms with Crippen molar-refractivity contribution in [3.8, 4) is 0 Å². The molecule has 0 radical (unpaired) electrons. The highest BCUT2D eigenvalue weighted by Gasteiger charge is 2.24. The molecule has 1 atom stereocenters. The summed E-state index contributed by atoms with van der Waals surface area (Å²) in [4.78, 5) is 22.9. The van der Waals surface area contributed by atoms with E-state index < -0.39 is 17.9 Å². The predicted molar refractivity (Wildman–Crippen MR) is 64.1 cm³/mol. The molecule has 0 spiro atoms. The minimum absolute atomic E-state index is 0.160. The molecule has 0 aliphatic rings. The molecule has 0 aliphatic carbocycles. The number of hydrogen-bond acceptors (Lipinski definition) is 4. The molecule has 0 bridgehead atoms. The van der Waals surface area contributed by atoms with Crippen molar-refractivity contribution in [3.05, 3.63) is 11.4 Å². The summed E-state index contributed by atoms with van der Waals surface area (Å²) < 4.78 is 1.47. The van der Waals surface area contributed by atoms with Gasteiger partial charge >= 0.3 is 5.97 Å². The van der Waals surface area contributed by atoms with Crippen LogP contribution in [0.15, 0.2) is 0 Å². The lowest BCUT2D eigenvalue weighted by Gasteiger charge is -2.15. The van der Waals surface area contributed by atoms with Crippen molar-refractivity contribution >= 4 is 11.9 Å². The molecule has 0 aliphatic heterocycles. The van der Waals surface area contributed by atoms with E-state index in [9.17, 15) is 9.59 Å². The van der Waals surface area contributed by atoms with Gasteiger partial charge in [-0.05, 0) is 19.3 Å². The zero-order valence-corrected chi connectivity index (χ0v) is 11.0. The van der Waals surface area contributed by atoms with Crippen LogP contribution in [0.2, 0.25) is 0 Å². The Morgan fingerprint density at radius 1 is 1.44 bits per heavy atom. The molecule has 0 saturated carbocycles. The lowest BCUT2D eigenvalue weighted by molar-refractivity contribution is -0.139. The summed E-state index contributed by atoms with van der Waals surface area (Å²) in [6.45, 7) is 5.50. The fourth-order valence-electron chi connectivity index (χ4n) is 1.53. The minimum atomic E-state index is -1.04. The number of hydrogen-bond donors (Lipinski definition) is 2. The molecule has 1 rings (SSSR count). The summed E-state index contributed by atoms with van der Waals surface area (Å²) in [5.74, 6) is -1.37. The number of nitrogens with zero attached hydrogens (tertiary/aromatic N) is 3. The van der Waals surface area contributed by atoms with Gasteiger partial charge in [-0.3, -0.25) is 9.48 Å².